The molecule has 0 heterocycles. The van der Waals surface area contributed by atoms with E-state index in [9.17, 15) is 4.79 Å². The summed E-state index contributed by atoms with van der Waals surface area (Å²) in [7, 11) is 4.57. The zero-order valence-corrected chi connectivity index (χ0v) is 12.4. The summed E-state index contributed by atoms with van der Waals surface area (Å²) < 4.78 is 15.6. The average molecular weight is 282 g/mol. The number of ether oxygens (including phenoxy) is 3. The number of carbonyl (C=O) groups is 1. The van der Waals surface area contributed by atoms with Gasteiger partial charge in [-0.25, -0.2) is 0 Å². The van der Waals surface area contributed by atoms with Crippen LogP contribution in [0.2, 0.25) is 0 Å². The SMILES string of the molecule is CCNCCNC(=O)c1cc(OC)c(OC)cc1OC. The van der Waals surface area contributed by atoms with Crippen molar-refractivity contribution < 1.29 is 19.0 Å². The van der Waals surface area contributed by atoms with Crippen molar-refractivity contribution in [3.63, 3.8) is 0 Å². The minimum atomic E-state index is -0.208. The van der Waals surface area contributed by atoms with Gasteiger partial charge in [0, 0.05) is 25.2 Å². The summed E-state index contributed by atoms with van der Waals surface area (Å²) in [5, 5.41) is 5.95. The average Bonchev–Trinajstić information content (AvgIpc) is 2.49. The lowest BCUT2D eigenvalue weighted by Gasteiger charge is -2.14. The molecule has 1 rings (SSSR count). The van der Waals surface area contributed by atoms with Crippen LogP contribution in [-0.2, 0) is 0 Å². The molecule has 0 radical (unpaired) electrons. The van der Waals surface area contributed by atoms with Gasteiger partial charge in [-0.05, 0) is 6.54 Å². The number of benzene rings is 1. The Hall–Kier alpha value is -1.95. The third kappa shape index (κ3) is 4.03. The van der Waals surface area contributed by atoms with Gasteiger partial charge in [0.2, 0.25) is 0 Å². The Kier molecular flexibility index (Phi) is 6.66. The zero-order chi connectivity index (χ0) is 15.0. The monoisotopic (exact) mass is 282 g/mol. The molecular weight excluding hydrogens is 260 g/mol. The highest BCUT2D eigenvalue weighted by Gasteiger charge is 2.17. The molecule has 0 saturated carbocycles. The Morgan fingerprint density at radius 1 is 1.00 bits per heavy atom. The first-order valence-corrected chi connectivity index (χ1v) is 6.46. The second-order valence-corrected chi connectivity index (χ2v) is 4.02. The number of amides is 1. The van der Waals surface area contributed by atoms with E-state index in [-0.39, 0.29) is 5.91 Å². The van der Waals surface area contributed by atoms with E-state index in [1.54, 1.807) is 12.1 Å². The van der Waals surface area contributed by atoms with Crippen LogP contribution in [0.4, 0.5) is 0 Å². The first-order valence-electron chi connectivity index (χ1n) is 6.46. The molecule has 0 aliphatic heterocycles. The Labute approximate surface area is 119 Å². The fourth-order valence-electron chi connectivity index (χ4n) is 1.74. The minimum Gasteiger partial charge on any atom is -0.496 e. The molecule has 0 unspecified atom stereocenters. The topological polar surface area (TPSA) is 68.8 Å². The number of likely N-dealkylation sites (N-methyl/N-ethyl adjacent to an activating group) is 1. The molecule has 6 heteroatoms. The predicted molar refractivity (Wildman–Crippen MR) is 77.0 cm³/mol. The molecule has 0 aliphatic carbocycles. The van der Waals surface area contributed by atoms with E-state index >= 15 is 0 Å². The Bertz CT molecular complexity index is 449. The van der Waals surface area contributed by atoms with Crippen LogP contribution in [0.5, 0.6) is 17.2 Å². The van der Waals surface area contributed by atoms with Crippen molar-refractivity contribution in [1.82, 2.24) is 10.6 Å². The van der Waals surface area contributed by atoms with E-state index in [0.29, 0.717) is 29.4 Å². The quantitative estimate of drug-likeness (QED) is 0.698. The lowest BCUT2D eigenvalue weighted by atomic mass is 10.1. The smallest absolute Gasteiger partial charge is 0.255 e. The molecule has 6 nitrogen and oxygen atoms in total. The fourth-order valence-corrected chi connectivity index (χ4v) is 1.74. The maximum atomic E-state index is 12.1. The summed E-state index contributed by atoms with van der Waals surface area (Å²) in [4.78, 5) is 12.1. The molecule has 112 valence electrons. The largest absolute Gasteiger partial charge is 0.496 e. The van der Waals surface area contributed by atoms with Crippen molar-refractivity contribution in [2.45, 2.75) is 6.92 Å². The maximum Gasteiger partial charge on any atom is 0.255 e. The van der Waals surface area contributed by atoms with Crippen molar-refractivity contribution in [2.75, 3.05) is 41.0 Å². The maximum absolute atomic E-state index is 12.1. The van der Waals surface area contributed by atoms with Gasteiger partial charge in [0.1, 0.15) is 5.75 Å². The molecule has 0 saturated heterocycles. The zero-order valence-electron chi connectivity index (χ0n) is 12.4. The van der Waals surface area contributed by atoms with Gasteiger partial charge >= 0.3 is 0 Å². The third-order valence-electron chi connectivity index (χ3n) is 2.79. The lowest BCUT2D eigenvalue weighted by Crippen LogP contribution is -2.31. The third-order valence-corrected chi connectivity index (χ3v) is 2.79. The summed E-state index contributed by atoms with van der Waals surface area (Å²) in [5.41, 5.74) is 0.418. The number of rotatable bonds is 8. The second kappa shape index (κ2) is 8.27. The molecule has 0 aliphatic rings. The summed E-state index contributed by atoms with van der Waals surface area (Å²) in [6.07, 6.45) is 0. The molecule has 0 aromatic heterocycles. The van der Waals surface area contributed by atoms with Crippen LogP contribution >= 0.6 is 0 Å². The van der Waals surface area contributed by atoms with Crippen molar-refractivity contribution in [3.8, 4) is 17.2 Å². The van der Waals surface area contributed by atoms with Crippen LogP contribution in [0.3, 0.4) is 0 Å². The molecule has 0 fully saturated rings. The van der Waals surface area contributed by atoms with Crippen LogP contribution < -0.4 is 24.8 Å². The van der Waals surface area contributed by atoms with Crippen LogP contribution in [0.25, 0.3) is 0 Å². The van der Waals surface area contributed by atoms with Crippen molar-refractivity contribution in [3.05, 3.63) is 17.7 Å². The van der Waals surface area contributed by atoms with Gasteiger partial charge < -0.3 is 24.8 Å². The molecule has 1 aromatic rings. The van der Waals surface area contributed by atoms with Gasteiger partial charge in [-0.3, -0.25) is 4.79 Å². The van der Waals surface area contributed by atoms with Crippen LogP contribution in [0.1, 0.15) is 17.3 Å². The standard InChI is InChI=1S/C14H22N2O4/c1-5-15-6-7-16-14(17)10-8-12(19-3)13(20-4)9-11(10)18-2/h8-9,15H,5-7H2,1-4H3,(H,16,17). The molecule has 1 amide bonds. The van der Waals surface area contributed by atoms with E-state index in [4.69, 9.17) is 14.2 Å². The first kappa shape index (κ1) is 16.1. The van der Waals surface area contributed by atoms with E-state index < -0.39 is 0 Å². The van der Waals surface area contributed by atoms with E-state index in [1.807, 2.05) is 6.92 Å². The second-order valence-electron chi connectivity index (χ2n) is 4.02. The Morgan fingerprint density at radius 3 is 2.15 bits per heavy atom. The molecule has 0 atom stereocenters. The Balaban J connectivity index is 2.89. The highest BCUT2D eigenvalue weighted by molar-refractivity contribution is 5.97. The molecule has 0 bridgehead atoms. The van der Waals surface area contributed by atoms with Crippen molar-refractivity contribution in [1.29, 1.82) is 0 Å². The molecule has 20 heavy (non-hydrogen) atoms. The summed E-state index contributed by atoms with van der Waals surface area (Å²) in [5.74, 6) is 1.25. The summed E-state index contributed by atoms with van der Waals surface area (Å²) in [6, 6.07) is 3.25. The van der Waals surface area contributed by atoms with Gasteiger partial charge in [0.15, 0.2) is 11.5 Å². The van der Waals surface area contributed by atoms with Gasteiger partial charge in [0.05, 0.1) is 26.9 Å². The molecule has 0 spiro atoms. The van der Waals surface area contributed by atoms with Crippen LogP contribution in [0, 0.1) is 0 Å². The fraction of sp³-hybridized carbons (Fsp3) is 0.500. The van der Waals surface area contributed by atoms with E-state index in [1.165, 1.54) is 21.3 Å². The summed E-state index contributed by atoms with van der Waals surface area (Å²) in [6.45, 7) is 4.15. The number of hydrogen-bond acceptors (Lipinski definition) is 5. The molecular formula is C14H22N2O4. The minimum absolute atomic E-state index is 0.208. The van der Waals surface area contributed by atoms with Gasteiger partial charge in [-0.1, -0.05) is 6.92 Å². The number of nitrogens with one attached hydrogen (secondary N) is 2. The highest BCUT2D eigenvalue weighted by atomic mass is 16.5. The summed E-state index contributed by atoms with van der Waals surface area (Å²) >= 11 is 0. The van der Waals surface area contributed by atoms with Crippen LogP contribution in [0.15, 0.2) is 12.1 Å². The van der Waals surface area contributed by atoms with Gasteiger partial charge in [0.25, 0.3) is 5.91 Å². The number of hydrogen-bond donors (Lipinski definition) is 2. The van der Waals surface area contributed by atoms with Gasteiger partial charge in [-0.2, -0.15) is 0 Å². The van der Waals surface area contributed by atoms with Crippen LogP contribution in [-0.4, -0.2) is 46.9 Å². The highest BCUT2D eigenvalue weighted by Crippen LogP contribution is 2.34. The Morgan fingerprint density at radius 2 is 1.60 bits per heavy atom. The molecule has 1 aromatic carbocycles. The number of methoxy groups -OCH3 is 3. The van der Waals surface area contributed by atoms with Crippen molar-refractivity contribution in [2.24, 2.45) is 0 Å². The molecule has 2 N–H and O–H groups in total. The normalized spacial score (nSPS) is 10.0. The predicted octanol–water partition coefficient (Wildman–Crippen LogP) is 1.05. The van der Waals surface area contributed by atoms with E-state index in [2.05, 4.69) is 10.6 Å². The van der Waals surface area contributed by atoms with Crippen molar-refractivity contribution >= 4 is 5.91 Å². The number of carbonyl (C=O) groups excluding carboxylic acids is 1. The van der Waals surface area contributed by atoms with E-state index in [0.717, 1.165) is 13.1 Å². The first-order chi connectivity index (χ1) is 9.67. The lowest BCUT2D eigenvalue weighted by molar-refractivity contribution is 0.0950. The van der Waals surface area contributed by atoms with Gasteiger partial charge in [-0.15, -0.1) is 0 Å².